The maximum absolute atomic E-state index is 12.0. The van der Waals surface area contributed by atoms with Gasteiger partial charge in [-0.1, -0.05) is 0 Å². The highest BCUT2D eigenvalue weighted by atomic mass is 79.9. The normalized spacial score (nSPS) is 22.0. The summed E-state index contributed by atoms with van der Waals surface area (Å²) in [4.78, 5) is 27.0. The first-order valence-corrected chi connectivity index (χ1v) is 5.87. The molecule has 0 saturated heterocycles. The number of hydrogen-bond acceptors (Lipinski definition) is 4. The van der Waals surface area contributed by atoms with E-state index in [-0.39, 0.29) is 23.3 Å². The smallest absolute Gasteiger partial charge is 0.221 e. The Hall–Kier alpha value is -1.43. The van der Waals surface area contributed by atoms with Crippen LogP contribution in [0.2, 0.25) is 0 Å². The second-order valence-electron chi connectivity index (χ2n) is 3.92. The minimum absolute atomic E-state index is 0.182. The zero-order valence-electron chi connectivity index (χ0n) is 9.14. The standard InChI is InChI=1S/C11H11BrN2O3/c1-17-8-2-5(12)4-14-9(8)10(15)6-3-7(6)11(13)16/h2,4,6-7H,3H2,1H3,(H2,13,16). The van der Waals surface area contributed by atoms with Crippen molar-refractivity contribution in [2.24, 2.45) is 17.6 Å². The van der Waals surface area contributed by atoms with Gasteiger partial charge in [-0.3, -0.25) is 9.59 Å². The molecule has 2 unspecified atom stereocenters. The van der Waals surface area contributed by atoms with E-state index in [2.05, 4.69) is 20.9 Å². The molecule has 1 saturated carbocycles. The van der Waals surface area contributed by atoms with Crippen molar-refractivity contribution in [1.29, 1.82) is 0 Å². The number of primary amides is 1. The second-order valence-corrected chi connectivity index (χ2v) is 4.84. The Kier molecular flexibility index (Phi) is 3.15. The highest BCUT2D eigenvalue weighted by Gasteiger charge is 2.48. The Balaban J connectivity index is 2.23. The van der Waals surface area contributed by atoms with Crippen LogP contribution in [0.4, 0.5) is 0 Å². The van der Waals surface area contributed by atoms with Crippen LogP contribution in [0, 0.1) is 11.8 Å². The summed E-state index contributed by atoms with van der Waals surface area (Å²) < 4.78 is 5.82. The molecule has 1 fully saturated rings. The number of carbonyl (C=O) groups is 2. The molecule has 0 aliphatic heterocycles. The number of halogens is 1. The topological polar surface area (TPSA) is 82.3 Å². The molecule has 0 radical (unpaired) electrons. The molecule has 1 aliphatic carbocycles. The average molecular weight is 299 g/mol. The van der Waals surface area contributed by atoms with Crippen molar-refractivity contribution in [3.8, 4) is 5.75 Å². The number of hydrogen-bond donors (Lipinski definition) is 1. The van der Waals surface area contributed by atoms with Gasteiger partial charge in [0.05, 0.1) is 7.11 Å². The number of nitrogens with two attached hydrogens (primary N) is 1. The van der Waals surface area contributed by atoms with E-state index in [0.29, 0.717) is 12.2 Å². The molecule has 90 valence electrons. The number of rotatable bonds is 4. The number of aromatic nitrogens is 1. The van der Waals surface area contributed by atoms with Crippen molar-refractivity contribution in [3.63, 3.8) is 0 Å². The summed E-state index contributed by atoms with van der Waals surface area (Å²) in [6.07, 6.45) is 2.03. The maximum atomic E-state index is 12.0. The van der Waals surface area contributed by atoms with Crippen LogP contribution in [-0.4, -0.2) is 23.8 Å². The molecule has 2 atom stereocenters. The lowest BCUT2D eigenvalue weighted by molar-refractivity contribution is -0.119. The lowest BCUT2D eigenvalue weighted by Crippen LogP contribution is -2.17. The van der Waals surface area contributed by atoms with Crippen LogP contribution in [0.1, 0.15) is 16.9 Å². The van der Waals surface area contributed by atoms with Crippen LogP contribution in [-0.2, 0) is 4.79 Å². The lowest BCUT2D eigenvalue weighted by atomic mass is 10.1. The van der Waals surface area contributed by atoms with Gasteiger partial charge in [-0.15, -0.1) is 0 Å². The van der Waals surface area contributed by atoms with Crippen molar-refractivity contribution in [3.05, 3.63) is 22.4 Å². The summed E-state index contributed by atoms with van der Waals surface area (Å²) in [5.74, 6) is -0.898. The fourth-order valence-electron chi connectivity index (χ4n) is 1.74. The lowest BCUT2D eigenvalue weighted by Gasteiger charge is -2.06. The van der Waals surface area contributed by atoms with E-state index in [1.54, 1.807) is 6.07 Å². The quantitative estimate of drug-likeness (QED) is 0.846. The number of ether oxygens (including phenoxy) is 1. The summed E-state index contributed by atoms with van der Waals surface area (Å²) in [6.45, 7) is 0. The predicted molar refractivity (Wildman–Crippen MR) is 63.6 cm³/mol. The number of carbonyl (C=O) groups excluding carboxylic acids is 2. The van der Waals surface area contributed by atoms with Gasteiger partial charge < -0.3 is 10.5 Å². The number of pyridine rings is 1. The molecule has 1 aromatic rings. The molecule has 5 nitrogen and oxygen atoms in total. The van der Waals surface area contributed by atoms with Crippen molar-refractivity contribution < 1.29 is 14.3 Å². The molecule has 0 aromatic carbocycles. The molecule has 1 aliphatic rings. The van der Waals surface area contributed by atoms with Gasteiger partial charge in [0.2, 0.25) is 5.91 Å². The minimum atomic E-state index is -0.431. The van der Waals surface area contributed by atoms with Crippen molar-refractivity contribution >= 4 is 27.6 Å². The van der Waals surface area contributed by atoms with Crippen LogP contribution in [0.3, 0.4) is 0 Å². The summed E-state index contributed by atoms with van der Waals surface area (Å²) in [6, 6.07) is 1.67. The largest absolute Gasteiger partial charge is 0.494 e. The highest BCUT2D eigenvalue weighted by Crippen LogP contribution is 2.41. The summed E-state index contributed by atoms with van der Waals surface area (Å²) in [7, 11) is 1.47. The third-order valence-electron chi connectivity index (χ3n) is 2.77. The maximum Gasteiger partial charge on any atom is 0.221 e. The molecule has 0 spiro atoms. The number of amides is 1. The van der Waals surface area contributed by atoms with E-state index in [1.807, 2.05) is 0 Å². The summed E-state index contributed by atoms with van der Waals surface area (Å²) >= 11 is 3.25. The van der Waals surface area contributed by atoms with Crippen molar-refractivity contribution in [2.45, 2.75) is 6.42 Å². The monoisotopic (exact) mass is 298 g/mol. The van der Waals surface area contributed by atoms with Crippen LogP contribution in [0.25, 0.3) is 0 Å². The summed E-state index contributed by atoms with van der Waals surface area (Å²) in [5.41, 5.74) is 5.40. The van der Waals surface area contributed by atoms with E-state index in [1.165, 1.54) is 13.3 Å². The molecule has 6 heteroatoms. The van der Waals surface area contributed by atoms with Gasteiger partial charge in [-0.25, -0.2) is 4.98 Å². The average Bonchev–Trinajstić information content (AvgIpc) is 3.08. The molecule has 1 aromatic heterocycles. The van der Waals surface area contributed by atoms with E-state index >= 15 is 0 Å². The third-order valence-corrected chi connectivity index (χ3v) is 3.20. The fraction of sp³-hybridized carbons (Fsp3) is 0.364. The van der Waals surface area contributed by atoms with Gasteiger partial charge in [-0.05, 0) is 28.4 Å². The number of methoxy groups -OCH3 is 1. The van der Waals surface area contributed by atoms with Gasteiger partial charge >= 0.3 is 0 Å². The molecule has 1 amide bonds. The predicted octanol–water partition coefficient (Wildman–Crippen LogP) is 1.16. The molecule has 2 rings (SSSR count). The highest BCUT2D eigenvalue weighted by molar-refractivity contribution is 9.10. The van der Waals surface area contributed by atoms with E-state index in [9.17, 15) is 9.59 Å². The first-order chi connectivity index (χ1) is 8.04. The minimum Gasteiger partial charge on any atom is -0.494 e. The Labute approximate surface area is 106 Å². The zero-order chi connectivity index (χ0) is 12.6. The van der Waals surface area contributed by atoms with Crippen LogP contribution < -0.4 is 10.5 Å². The van der Waals surface area contributed by atoms with Crippen LogP contribution >= 0.6 is 15.9 Å². The van der Waals surface area contributed by atoms with Gasteiger partial charge in [0.15, 0.2) is 5.78 Å². The second kappa shape index (κ2) is 4.44. The van der Waals surface area contributed by atoms with Crippen molar-refractivity contribution in [2.75, 3.05) is 7.11 Å². The van der Waals surface area contributed by atoms with E-state index in [0.717, 1.165) is 4.47 Å². The van der Waals surface area contributed by atoms with Gasteiger partial charge in [0.1, 0.15) is 11.4 Å². The molecule has 0 bridgehead atoms. The first kappa shape index (κ1) is 12.0. The van der Waals surface area contributed by atoms with E-state index < -0.39 is 5.91 Å². The molecule has 2 N–H and O–H groups in total. The third kappa shape index (κ3) is 2.31. The van der Waals surface area contributed by atoms with Crippen LogP contribution in [0.15, 0.2) is 16.7 Å². The van der Waals surface area contributed by atoms with Gasteiger partial charge in [0.25, 0.3) is 0 Å². The molecule has 17 heavy (non-hydrogen) atoms. The van der Waals surface area contributed by atoms with Gasteiger partial charge in [-0.2, -0.15) is 0 Å². The van der Waals surface area contributed by atoms with Gasteiger partial charge in [0, 0.05) is 22.5 Å². The molecular formula is C11H11BrN2O3. The summed E-state index contributed by atoms with van der Waals surface area (Å²) in [5, 5.41) is 0. The number of Topliss-reactive ketones (excluding diaryl/α,β-unsaturated/α-hetero) is 1. The zero-order valence-corrected chi connectivity index (χ0v) is 10.7. The SMILES string of the molecule is COc1cc(Br)cnc1C(=O)C1CC1C(N)=O. The molecular weight excluding hydrogens is 288 g/mol. The van der Waals surface area contributed by atoms with E-state index in [4.69, 9.17) is 10.5 Å². The fourth-order valence-corrected chi connectivity index (χ4v) is 2.05. The number of ketones is 1. The van der Waals surface area contributed by atoms with Crippen molar-refractivity contribution in [1.82, 2.24) is 4.98 Å². The number of nitrogens with zero attached hydrogens (tertiary/aromatic N) is 1. The molecule has 1 heterocycles. The Morgan fingerprint density at radius 3 is 2.76 bits per heavy atom. The Bertz CT molecular complexity index is 490. The Morgan fingerprint density at radius 1 is 1.53 bits per heavy atom. The van der Waals surface area contributed by atoms with Crippen LogP contribution in [0.5, 0.6) is 5.75 Å². The Morgan fingerprint density at radius 2 is 2.24 bits per heavy atom. The first-order valence-electron chi connectivity index (χ1n) is 5.07.